The van der Waals surface area contributed by atoms with E-state index >= 15 is 0 Å². The first-order valence-electron chi connectivity index (χ1n) is 22.7. The summed E-state index contributed by atoms with van der Waals surface area (Å²) in [4.78, 5) is 37.6. The van der Waals surface area contributed by atoms with Crippen LogP contribution < -0.4 is 4.89 Å². The molecule has 328 valence electrons. The summed E-state index contributed by atoms with van der Waals surface area (Å²) in [5.74, 6) is -0.843. The Morgan fingerprint density at radius 2 is 1.05 bits per heavy atom. The molecule has 56 heavy (non-hydrogen) atoms. The molecule has 0 aliphatic heterocycles. The number of carbonyl (C=O) groups excluding carboxylic acids is 2. The van der Waals surface area contributed by atoms with Gasteiger partial charge < -0.3 is 27.9 Å². The lowest BCUT2D eigenvalue weighted by atomic mass is 10.0. The number of hydrogen-bond donors (Lipinski definition) is 0. The minimum absolute atomic E-state index is 0.0329. The van der Waals surface area contributed by atoms with Crippen molar-refractivity contribution in [2.24, 2.45) is 0 Å². The fourth-order valence-electron chi connectivity index (χ4n) is 6.19. The number of phosphoric acid groups is 1. The number of nitrogens with zero attached hydrogens (tertiary/aromatic N) is 1. The highest BCUT2D eigenvalue weighted by molar-refractivity contribution is 7.45. The molecule has 0 radical (unpaired) electrons. The average molecular weight is 812 g/mol. The summed E-state index contributed by atoms with van der Waals surface area (Å²) in [6, 6.07) is 0. The van der Waals surface area contributed by atoms with E-state index < -0.39 is 26.5 Å². The molecule has 0 bridgehead atoms. The Morgan fingerprint density at radius 1 is 0.607 bits per heavy atom. The molecule has 0 heterocycles. The maximum Gasteiger partial charge on any atom is 0.306 e. The van der Waals surface area contributed by atoms with Gasteiger partial charge in [-0.25, -0.2) is 0 Å². The van der Waals surface area contributed by atoms with E-state index in [9.17, 15) is 19.0 Å². The number of quaternary nitrogens is 1. The van der Waals surface area contributed by atoms with Crippen molar-refractivity contribution < 1.29 is 42.1 Å². The fourth-order valence-corrected chi connectivity index (χ4v) is 6.92. The molecule has 10 heteroatoms. The van der Waals surface area contributed by atoms with E-state index in [1.807, 2.05) is 27.2 Å². The number of unbranched alkanes of at least 4 members (excludes halogenated alkanes) is 23. The lowest BCUT2D eigenvalue weighted by molar-refractivity contribution is -0.870. The molecule has 0 fully saturated rings. The summed E-state index contributed by atoms with van der Waals surface area (Å²) in [5, 5.41) is 0. The van der Waals surface area contributed by atoms with E-state index in [1.165, 1.54) is 109 Å². The second kappa shape index (κ2) is 38.7. The van der Waals surface area contributed by atoms with Gasteiger partial charge >= 0.3 is 11.9 Å². The van der Waals surface area contributed by atoms with E-state index in [1.54, 1.807) is 0 Å². The van der Waals surface area contributed by atoms with Crippen LogP contribution in [0.1, 0.15) is 193 Å². The van der Waals surface area contributed by atoms with Gasteiger partial charge in [0.1, 0.15) is 19.8 Å². The third-order valence-electron chi connectivity index (χ3n) is 9.78. The SMILES string of the molecule is C=CCCCCCCCCCCCCCCCC(=O)OC[C@H](COP(=O)([O-])OCC[N+](C)(C)C)OC(=O)CCCCCCCCC/C=C/C/C=C/CCCCC. The highest BCUT2D eigenvalue weighted by atomic mass is 31.2. The zero-order chi connectivity index (χ0) is 41.4. The largest absolute Gasteiger partial charge is 0.756 e. The van der Waals surface area contributed by atoms with Crippen LogP contribution in [0.25, 0.3) is 0 Å². The van der Waals surface area contributed by atoms with E-state index in [4.69, 9.17) is 18.5 Å². The minimum atomic E-state index is -4.63. The number of rotatable bonds is 42. The molecule has 9 nitrogen and oxygen atoms in total. The highest BCUT2D eigenvalue weighted by Crippen LogP contribution is 2.38. The molecular weight excluding hydrogens is 725 g/mol. The van der Waals surface area contributed by atoms with Gasteiger partial charge in [-0.15, -0.1) is 6.58 Å². The molecule has 0 N–H and O–H groups in total. The van der Waals surface area contributed by atoms with Gasteiger partial charge in [0.2, 0.25) is 0 Å². The Labute approximate surface area is 344 Å². The van der Waals surface area contributed by atoms with Crippen molar-refractivity contribution >= 4 is 19.8 Å². The molecule has 0 aromatic heterocycles. The van der Waals surface area contributed by atoms with Crippen LogP contribution in [0, 0.1) is 0 Å². The topological polar surface area (TPSA) is 111 Å². The molecule has 0 rings (SSSR count). The first-order chi connectivity index (χ1) is 27.0. The van der Waals surface area contributed by atoms with Crippen LogP contribution in [0.15, 0.2) is 37.0 Å². The second-order valence-corrected chi connectivity index (χ2v) is 17.9. The van der Waals surface area contributed by atoms with Crippen LogP contribution in [-0.2, 0) is 32.7 Å². The minimum Gasteiger partial charge on any atom is -0.756 e. The van der Waals surface area contributed by atoms with Crippen LogP contribution in [-0.4, -0.2) is 70.0 Å². The van der Waals surface area contributed by atoms with Crippen LogP contribution in [0.5, 0.6) is 0 Å². The van der Waals surface area contributed by atoms with Gasteiger partial charge in [0.25, 0.3) is 7.82 Å². The molecule has 0 spiro atoms. The molecule has 0 saturated carbocycles. The molecule has 1 unspecified atom stereocenters. The van der Waals surface area contributed by atoms with Crippen LogP contribution >= 0.6 is 7.82 Å². The summed E-state index contributed by atoms with van der Waals surface area (Å²) in [7, 11) is 1.16. The van der Waals surface area contributed by atoms with Crippen molar-refractivity contribution in [1.82, 2.24) is 0 Å². The maximum absolute atomic E-state index is 12.7. The summed E-state index contributed by atoms with van der Waals surface area (Å²) in [5.41, 5.74) is 0. The van der Waals surface area contributed by atoms with E-state index in [0.29, 0.717) is 17.4 Å². The second-order valence-electron chi connectivity index (χ2n) is 16.5. The fraction of sp³-hybridized carbons (Fsp3) is 0.826. The number of phosphoric ester groups is 1. The van der Waals surface area contributed by atoms with Crippen molar-refractivity contribution in [1.29, 1.82) is 0 Å². The highest BCUT2D eigenvalue weighted by Gasteiger charge is 2.21. The number of likely N-dealkylation sites (N-methyl/N-ethyl adjacent to an activating group) is 1. The lowest BCUT2D eigenvalue weighted by Gasteiger charge is -2.28. The van der Waals surface area contributed by atoms with Crippen molar-refractivity contribution in [2.75, 3.05) is 47.5 Å². The molecule has 0 saturated heterocycles. The van der Waals surface area contributed by atoms with E-state index in [-0.39, 0.29) is 32.0 Å². The van der Waals surface area contributed by atoms with Gasteiger partial charge in [-0.1, -0.05) is 153 Å². The van der Waals surface area contributed by atoms with E-state index in [2.05, 4.69) is 37.8 Å². The van der Waals surface area contributed by atoms with Crippen molar-refractivity contribution in [2.45, 2.75) is 199 Å². The van der Waals surface area contributed by atoms with Crippen molar-refractivity contribution in [3.05, 3.63) is 37.0 Å². The smallest absolute Gasteiger partial charge is 0.306 e. The first-order valence-corrected chi connectivity index (χ1v) is 24.1. The van der Waals surface area contributed by atoms with Gasteiger partial charge in [-0.2, -0.15) is 0 Å². The first kappa shape index (κ1) is 54.2. The molecule has 2 atom stereocenters. The van der Waals surface area contributed by atoms with Gasteiger partial charge in [-0.05, 0) is 57.8 Å². The molecule has 0 aromatic rings. The van der Waals surface area contributed by atoms with Gasteiger partial charge in [0.15, 0.2) is 6.10 Å². The number of hydrogen-bond acceptors (Lipinski definition) is 8. The van der Waals surface area contributed by atoms with Gasteiger partial charge in [-0.3, -0.25) is 14.2 Å². The van der Waals surface area contributed by atoms with Gasteiger partial charge in [0.05, 0.1) is 27.7 Å². The predicted octanol–water partition coefficient (Wildman–Crippen LogP) is 12.3. The van der Waals surface area contributed by atoms with Gasteiger partial charge in [0, 0.05) is 12.8 Å². The number of allylic oxidation sites excluding steroid dienone is 5. The van der Waals surface area contributed by atoms with Crippen molar-refractivity contribution in [3.8, 4) is 0 Å². The summed E-state index contributed by atoms with van der Waals surface area (Å²) in [6.07, 6.45) is 42.0. The average Bonchev–Trinajstić information content (AvgIpc) is 3.15. The Morgan fingerprint density at radius 3 is 1.54 bits per heavy atom. The Hall–Kier alpha value is -1.77. The zero-order valence-electron chi connectivity index (χ0n) is 36.7. The maximum atomic E-state index is 12.7. The lowest BCUT2D eigenvalue weighted by Crippen LogP contribution is -2.37. The third kappa shape index (κ3) is 41.9. The standard InChI is InChI=1S/C46H86NO8P/c1-6-8-10-12-14-16-18-20-22-23-25-27-29-31-33-35-37-39-46(49)55-44(43-54-56(50,51)53-41-40-47(3,4)5)42-52-45(48)38-36-34-32-30-28-26-24-21-19-17-15-13-11-9-7-2/h7,14,16,20,22,44H,2,6,8-13,15,17-19,21,23-43H2,1,3-5H3/b16-14+,22-20+/t44-/m1/s1. The molecule has 0 aromatic carbocycles. The van der Waals surface area contributed by atoms with Crippen LogP contribution in [0.3, 0.4) is 0 Å². The molecular formula is C46H86NO8P. The molecule has 0 aliphatic carbocycles. The number of esters is 2. The summed E-state index contributed by atoms with van der Waals surface area (Å²) < 4.78 is 33.9. The van der Waals surface area contributed by atoms with Crippen LogP contribution in [0.2, 0.25) is 0 Å². The van der Waals surface area contributed by atoms with Crippen LogP contribution in [0.4, 0.5) is 0 Å². The Balaban J connectivity index is 4.33. The monoisotopic (exact) mass is 812 g/mol. The number of carbonyl (C=O) groups is 2. The predicted molar refractivity (Wildman–Crippen MR) is 231 cm³/mol. The summed E-state index contributed by atoms with van der Waals surface area (Å²) >= 11 is 0. The molecule has 0 amide bonds. The quantitative estimate of drug-likeness (QED) is 0.0197. The third-order valence-corrected chi connectivity index (χ3v) is 10.7. The normalized spacial score (nSPS) is 13.7. The Kier molecular flexibility index (Phi) is 37.5. The summed E-state index contributed by atoms with van der Waals surface area (Å²) in [6.45, 7) is 5.72. The van der Waals surface area contributed by atoms with Crippen molar-refractivity contribution in [3.63, 3.8) is 0 Å². The zero-order valence-corrected chi connectivity index (χ0v) is 37.6. The van der Waals surface area contributed by atoms with E-state index in [0.717, 1.165) is 57.8 Å². The number of ether oxygens (including phenoxy) is 2. The Bertz CT molecular complexity index is 1040. The molecule has 0 aliphatic rings.